The van der Waals surface area contributed by atoms with Crippen molar-refractivity contribution in [2.24, 2.45) is 0 Å². The number of benzene rings is 2. The Morgan fingerprint density at radius 3 is 2.42 bits per heavy atom. The van der Waals surface area contributed by atoms with Gasteiger partial charge in [0.15, 0.2) is 0 Å². The van der Waals surface area contributed by atoms with E-state index in [4.69, 9.17) is 9.47 Å². The van der Waals surface area contributed by atoms with E-state index in [9.17, 15) is 18.0 Å². The van der Waals surface area contributed by atoms with Crippen LogP contribution in [-0.4, -0.2) is 32.1 Å². The highest BCUT2D eigenvalue weighted by molar-refractivity contribution is 5.79. The maximum absolute atomic E-state index is 12.8. The molecule has 0 heterocycles. The van der Waals surface area contributed by atoms with E-state index in [2.05, 4.69) is 0 Å². The van der Waals surface area contributed by atoms with Gasteiger partial charge in [-0.25, -0.2) is 0 Å². The van der Waals surface area contributed by atoms with Crippen LogP contribution in [0, 0.1) is 0 Å². The molecule has 2 aromatic carbocycles. The largest absolute Gasteiger partial charge is 0.497 e. The smallest absolute Gasteiger partial charge is 0.416 e. The third-order valence-corrected chi connectivity index (χ3v) is 3.93. The third kappa shape index (κ3) is 4.91. The Labute approximate surface area is 150 Å². The molecular formula is C19H20F3NO3. The summed E-state index contributed by atoms with van der Waals surface area (Å²) in [5.74, 6) is 0.898. The van der Waals surface area contributed by atoms with Crippen molar-refractivity contribution in [1.29, 1.82) is 0 Å². The first-order valence-corrected chi connectivity index (χ1v) is 7.85. The molecule has 1 amide bonds. The molecule has 0 atom stereocenters. The molecule has 0 radical (unpaired) electrons. The average molecular weight is 367 g/mol. The highest BCUT2D eigenvalue weighted by Crippen LogP contribution is 2.30. The Morgan fingerprint density at radius 1 is 1.08 bits per heavy atom. The summed E-state index contributed by atoms with van der Waals surface area (Å²) >= 11 is 0. The van der Waals surface area contributed by atoms with Gasteiger partial charge < -0.3 is 14.4 Å². The fourth-order valence-electron chi connectivity index (χ4n) is 2.53. The summed E-state index contributed by atoms with van der Waals surface area (Å²) in [7, 11) is 4.57. The van der Waals surface area contributed by atoms with Crippen molar-refractivity contribution in [2.75, 3.05) is 21.3 Å². The molecular weight excluding hydrogens is 347 g/mol. The molecule has 0 aliphatic carbocycles. The second-order valence-electron chi connectivity index (χ2n) is 5.80. The van der Waals surface area contributed by atoms with Crippen LogP contribution in [0.4, 0.5) is 13.2 Å². The van der Waals surface area contributed by atoms with Crippen LogP contribution in [-0.2, 0) is 23.9 Å². The van der Waals surface area contributed by atoms with Gasteiger partial charge in [0.05, 0.1) is 26.2 Å². The monoisotopic (exact) mass is 367 g/mol. The molecule has 0 saturated heterocycles. The molecule has 26 heavy (non-hydrogen) atoms. The molecule has 4 nitrogen and oxygen atoms in total. The van der Waals surface area contributed by atoms with Crippen LogP contribution in [0.15, 0.2) is 42.5 Å². The zero-order valence-electron chi connectivity index (χ0n) is 14.8. The first-order valence-electron chi connectivity index (χ1n) is 7.85. The normalized spacial score (nSPS) is 11.2. The molecule has 0 aliphatic rings. The van der Waals surface area contributed by atoms with Gasteiger partial charge in [-0.05, 0) is 35.9 Å². The van der Waals surface area contributed by atoms with Crippen molar-refractivity contribution in [3.63, 3.8) is 0 Å². The number of ether oxygens (including phenoxy) is 2. The maximum atomic E-state index is 12.8. The molecule has 2 aromatic rings. The second-order valence-corrected chi connectivity index (χ2v) is 5.80. The number of hydrogen-bond acceptors (Lipinski definition) is 3. The number of halogens is 3. The van der Waals surface area contributed by atoms with Crippen molar-refractivity contribution in [3.05, 3.63) is 59.2 Å². The number of rotatable bonds is 6. The molecule has 2 rings (SSSR count). The van der Waals surface area contributed by atoms with Gasteiger partial charge in [0.25, 0.3) is 0 Å². The molecule has 0 N–H and O–H groups in total. The van der Waals surface area contributed by atoms with Crippen LogP contribution >= 0.6 is 0 Å². The van der Waals surface area contributed by atoms with Crippen LogP contribution in [0.5, 0.6) is 11.5 Å². The van der Waals surface area contributed by atoms with Gasteiger partial charge in [-0.15, -0.1) is 0 Å². The lowest BCUT2D eigenvalue weighted by molar-refractivity contribution is -0.137. The van der Waals surface area contributed by atoms with Gasteiger partial charge in [0.1, 0.15) is 11.5 Å². The standard InChI is InChI=1S/C19H20F3NO3/c1-23(12-13-5-4-6-15(9-13)19(20,21)22)18(24)11-14-10-16(25-2)7-8-17(14)26-3/h4-10H,11-12H2,1-3H3. The molecule has 140 valence electrons. The molecule has 7 heteroatoms. The number of carbonyl (C=O) groups excluding carboxylic acids is 1. The van der Waals surface area contributed by atoms with Gasteiger partial charge in [0, 0.05) is 19.2 Å². The number of likely N-dealkylation sites (N-methyl/N-ethyl adjacent to an activating group) is 1. The van der Waals surface area contributed by atoms with Gasteiger partial charge in [-0.3, -0.25) is 4.79 Å². The van der Waals surface area contributed by atoms with Crippen molar-refractivity contribution < 1.29 is 27.4 Å². The molecule has 0 spiro atoms. The summed E-state index contributed by atoms with van der Waals surface area (Å²) in [4.78, 5) is 13.9. The van der Waals surface area contributed by atoms with E-state index in [1.807, 2.05) is 0 Å². The minimum absolute atomic E-state index is 0.0514. The third-order valence-electron chi connectivity index (χ3n) is 3.93. The number of nitrogens with zero attached hydrogens (tertiary/aromatic N) is 1. The van der Waals surface area contributed by atoms with Crippen LogP contribution in [0.25, 0.3) is 0 Å². The van der Waals surface area contributed by atoms with E-state index in [-0.39, 0.29) is 18.9 Å². The van der Waals surface area contributed by atoms with Gasteiger partial charge in [-0.2, -0.15) is 13.2 Å². The van der Waals surface area contributed by atoms with Crippen molar-refractivity contribution in [3.8, 4) is 11.5 Å². The molecule has 0 saturated carbocycles. The Kier molecular flexibility index (Phi) is 6.13. The molecule has 0 fully saturated rings. The highest BCUT2D eigenvalue weighted by atomic mass is 19.4. The Bertz CT molecular complexity index is 775. The Balaban J connectivity index is 2.11. The van der Waals surface area contributed by atoms with Crippen LogP contribution in [0.2, 0.25) is 0 Å². The lowest BCUT2D eigenvalue weighted by atomic mass is 10.1. The van der Waals surface area contributed by atoms with Gasteiger partial charge in [0.2, 0.25) is 5.91 Å². The van der Waals surface area contributed by atoms with E-state index in [0.717, 1.165) is 12.1 Å². The zero-order chi connectivity index (χ0) is 19.3. The lowest BCUT2D eigenvalue weighted by Gasteiger charge is -2.19. The molecule has 0 aliphatic heterocycles. The fraction of sp³-hybridized carbons (Fsp3) is 0.316. The van der Waals surface area contributed by atoms with Crippen LogP contribution in [0.1, 0.15) is 16.7 Å². The van der Waals surface area contributed by atoms with Crippen molar-refractivity contribution in [2.45, 2.75) is 19.1 Å². The molecule has 0 aromatic heterocycles. The number of carbonyl (C=O) groups is 1. The van der Waals surface area contributed by atoms with Gasteiger partial charge >= 0.3 is 6.18 Å². The number of alkyl halides is 3. The van der Waals surface area contributed by atoms with Crippen molar-refractivity contribution >= 4 is 5.91 Å². The summed E-state index contributed by atoms with van der Waals surface area (Å²) in [6.45, 7) is 0.0784. The fourth-order valence-corrected chi connectivity index (χ4v) is 2.53. The van der Waals surface area contributed by atoms with E-state index < -0.39 is 11.7 Å². The summed E-state index contributed by atoms with van der Waals surface area (Å²) < 4.78 is 48.8. The van der Waals surface area contributed by atoms with E-state index in [0.29, 0.717) is 22.6 Å². The van der Waals surface area contributed by atoms with Gasteiger partial charge in [-0.1, -0.05) is 12.1 Å². The van der Waals surface area contributed by atoms with E-state index in [1.54, 1.807) is 31.3 Å². The first kappa shape index (κ1) is 19.6. The summed E-state index contributed by atoms with van der Waals surface area (Å²) in [6.07, 6.45) is -4.36. The molecule has 0 unspecified atom stereocenters. The lowest BCUT2D eigenvalue weighted by Crippen LogP contribution is -2.28. The second kappa shape index (κ2) is 8.12. The summed E-state index contributed by atoms with van der Waals surface area (Å²) in [5, 5.41) is 0. The highest BCUT2D eigenvalue weighted by Gasteiger charge is 2.30. The quantitative estimate of drug-likeness (QED) is 0.777. The Hall–Kier alpha value is -2.70. The molecule has 0 bridgehead atoms. The first-order chi connectivity index (χ1) is 12.2. The zero-order valence-corrected chi connectivity index (χ0v) is 14.8. The topological polar surface area (TPSA) is 38.8 Å². The van der Waals surface area contributed by atoms with Crippen LogP contribution < -0.4 is 9.47 Å². The number of amides is 1. The number of methoxy groups -OCH3 is 2. The van der Waals surface area contributed by atoms with E-state index in [1.165, 1.54) is 25.2 Å². The average Bonchev–Trinajstić information content (AvgIpc) is 2.61. The Morgan fingerprint density at radius 2 is 1.81 bits per heavy atom. The summed E-state index contributed by atoms with van der Waals surface area (Å²) in [5.41, 5.74) is 0.325. The predicted octanol–water partition coefficient (Wildman–Crippen LogP) is 3.92. The predicted molar refractivity (Wildman–Crippen MR) is 91.2 cm³/mol. The maximum Gasteiger partial charge on any atom is 0.416 e. The SMILES string of the molecule is COc1ccc(OC)c(CC(=O)N(C)Cc2cccc(C(F)(F)F)c2)c1. The van der Waals surface area contributed by atoms with Crippen molar-refractivity contribution in [1.82, 2.24) is 4.90 Å². The number of hydrogen-bond donors (Lipinski definition) is 0. The van der Waals surface area contributed by atoms with E-state index >= 15 is 0 Å². The summed E-state index contributed by atoms with van der Waals surface area (Å²) in [6, 6.07) is 10.1. The van der Waals surface area contributed by atoms with Crippen LogP contribution in [0.3, 0.4) is 0 Å². The minimum Gasteiger partial charge on any atom is -0.497 e. The minimum atomic E-state index is -4.41.